The van der Waals surface area contributed by atoms with Crippen LogP contribution in [0.1, 0.15) is 38.3 Å². The smallest absolute Gasteiger partial charge is 0.127 e. The van der Waals surface area contributed by atoms with Gasteiger partial charge < -0.3 is 14.8 Å². The largest absolute Gasteiger partial charge is 0.497 e. The van der Waals surface area contributed by atoms with E-state index in [0.717, 1.165) is 30.9 Å². The van der Waals surface area contributed by atoms with E-state index >= 15 is 0 Å². The number of nitrogens with one attached hydrogen (secondary N) is 1. The lowest BCUT2D eigenvalue weighted by Crippen LogP contribution is -2.21. The quantitative estimate of drug-likeness (QED) is 0.725. The van der Waals surface area contributed by atoms with Crippen LogP contribution in [0, 0.1) is 0 Å². The molecular formula is C16H25NO2. The highest BCUT2D eigenvalue weighted by molar-refractivity contribution is 5.42. The molecule has 3 nitrogen and oxygen atoms in total. The fourth-order valence-corrected chi connectivity index (χ4v) is 2.11. The fraction of sp³-hybridized carbons (Fsp3) is 0.500. The molecule has 0 amide bonds. The summed E-state index contributed by atoms with van der Waals surface area (Å²) < 4.78 is 10.7. The second-order valence-electron chi connectivity index (χ2n) is 4.71. The molecule has 1 atom stereocenters. The average Bonchev–Trinajstić information content (AvgIpc) is 2.42. The molecule has 0 saturated heterocycles. The fourth-order valence-electron chi connectivity index (χ4n) is 2.11. The zero-order valence-corrected chi connectivity index (χ0v) is 12.5. The van der Waals surface area contributed by atoms with Crippen LogP contribution in [0.4, 0.5) is 0 Å². The second-order valence-corrected chi connectivity index (χ2v) is 4.71. The number of rotatable bonds is 8. The normalized spacial score (nSPS) is 12.0. The van der Waals surface area contributed by atoms with Gasteiger partial charge in [0.2, 0.25) is 0 Å². The molecule has 1 unspecified atom stereocenters. The molecular weight excluding hydrogens is 238 g/mol. The summed E-state index contributed by atoms with van der Waals surface area (Å²) in [6.45, 7) is 9.08. The van der Waals surface area contributed by atoms with Crippen molar-refractivity contribution in [1.82, 2.24) is 5.32 Å². The molecule has 0 aromatic heterocycles. The van der Waals surface area contributed by atoms with E-state index in [1.165, 1.54) is 11.1 Å². The van der Waals surface area contributed by atoms with Crippen LogP contribution in [0.15, 0.2) is 30.4 Å². The third-order valence-corrected chi connectivity index (χ3v) is 3.13. The van der Waals surface area contributed by atoms with Gasteiger partial charge in [-0.3, -0.25) is 0 Å². The highest BCUT2D eigenvalue weighted by Gasteiger charge is 2.15. The van der Waals surface area contributed by atoms with Gasteiger partial charge in [-0.25, -0.2) is 0 Å². The van der Waals surface area contributed by atoms with E-state index in [2.05, 4.69) is 31.8 Å². The van der Waals surface area contributed by atoms with E-state index in [1.807, 2.05) is 12.1 Å². The third-order valence-electron chi connectivity index (χ3n) is 3.13. The molecule has 3 heteroatoms. The Hall–Kier alpha value is -1.48. The molecule has 0 fully saturated rings. The summed E-state index contributed by atoms with van der Waals surface area (Å²) >= 11 is 0. The summed E-state index contributed by atoms with van der Waals surface area (Å²) in [5.74, 6) is 1.68. The molecule has 1 aromatic carbocycles. The van der Waals surface area contributed by atoms with Crippen molar-refractivity contribution in [2.75, 3.05) is 20.8 Å². The first-order valence-electron chi connectivity index (χ1n) is 6.72. The van der Waals surface area contributed by atoms with Crippen molar-refractivity contribution in [3.8, 4) is 11.5 Å². The topological polar surface area (TPSA) is 30.5 Å². The summed E-state index contributed by atoms with van der Waals surface area (Å²) in [6.07, 6.45) is 2.03. The SMILES string of the molecule is C=C(C)CCC(NCC)c1ccc(OC)cc1OC. The lowest BCUT2D eigenvalue weighted by molar-refractivity contribution is 0.382. The van der Waals surface area contributed by atoms with Gasteiger partial charge in [0, 0.05) is 17.7 Å². The Kier molecular flexibility index (Phi) is 6.43. The molecule has 1 aromatic rings. The monoisotopic (exact) mass is 263 g/mol. The maximum atomic E-state index is 5.48. The highest BCUT2D eigenvalue weighted by atomic mass is 16.5. The van der Waals surface area contributed by atoms with Crippen LogP contribution in [0.2, 0.25) is 0 Å². The standard InChI is InChI=1S/C16H25NO2/c1-6-17-15(10-7-12(2)3)14-9-8-13(18-4)11-16(14)19-5/h8-9,11,15,17H,2,6-7,10H2,1,3-5H3. The van der Waals surface area contributed by atoms with E-state index in [1.54, 1.807) is 14.2 Å². The third kappa shape index (κ3) is 4.60. The Morgan fingerprint density at radius 3 is 2.58 bits per heavy atom. The van der Waals surface area contributed by atoms with Gasteiger partial charge in [-0.15, -0.1) is 6.58 Å². The van der Waals surface area contributed by atoms with Crippen LogP contribution in [-0.4, -0.2) is 20.8 Å². The van der Waals surface area contributed by atoms with Gasteiger partial charge in [0.1, 0.15) is 11.5 Å². The maximum Gasteiger partial charge on any atom is 0.127 e. The first kappa shape index (κ1) is 15.6. The van der Waals surface area contributed by atoms with E-state index in [-0.39, 0.29) is 6.04 Å². The summed E-state index contributed by atoms with van der Waals surface area (Å²) in [5.41, 5.74) is 2.38. The molecule has 0 spiro atoms. The molecule has 0 heterocycles. The minimum absolute atomic E-state index is 0.280. The van der Waals surface area contributed by atoms with Crippen molar-refractivity contribution < 1.29 is 9.47 Å². The Labute approximate surface area is 116 Å². The molecule has 0 aliphatic carbocycles. The van der Waals surface area contributed by atoms with E-state index in [0.29, 0.717) is 0 Å². The van der Waals surface area contributed by atoms with Crippen LogP contribution < -0.4 is 14.8 Å². The molecule has 0 aliphatic heterocycles. The zero-order valence-electron chi connectivity index (χ0n) is 12.5. The first-order chi connectivity index (χ1) is 9.12. The maximum absolute atomic E-state index is 5.48. The number of allylic oxidation sites excluding steroid dienone is 1. The molecule has 0 saturated carbocycles. The van der Waals surface area contributed by atoms with E-state index < -0.39 is 0 Å². The molecule has 0 radical (unpaired) electrons. The summed E-state index contributed by atoms with van der Waals surface area (Å²) in [6, 6.07) is 6.26. The Balaban J connectivity index is 2.96. The minimum atomic E-state index is 0.280. The Morgan fingerprint density at radius 1 is 1.32 bits per heavy atom. The van der Waals surface area contributed by atoms with Crippen LogP contribution in [0.25, 0.3) is 0 Å². The number of methoxy groups -OCH3 is 2. The molecule has 0 bridgehead atoms. The van der Waals surface area contributed by atoms with Crippen LogP contribution in [0.5, 0.6) is 11.5 Å². The lowest BCUT2D eigenvalue weighted by Gasteiger charge is -2.21. The van der Waals surface area contributed by atoms with Crippen LogP contribution in [0.3, 0.4) is 0 Å². The van der Waals surface area contributed by atoms with Gasteiger partial charge in [0.25, 0.3) is 0 Å². The van der Waals surface area contributed by atoms with E-state index in [4.69, 9.17) is 9.47 Å². The second kappa shape index (κ2) is 7.85. The molecule has 1 N–H and O–H groups in total. The van der Waals surface area contributed by atoms with Crippen molar-refractivity contribution in [3.05, 3.63) is 35.9 Å². The zero-order chi connectivity index (χ0) is 14.3. The minimum Gasteiger partial charge on any atom is -0.497 e. The average molecular weight is 263 g/mol. The number of hydrogen-bond acceptors (Lipinski definition) is 3. The summed E-state index contributed by atoms with van der Waals surface area (Å²) in [4.78, 5) is 0. The number of benzene rings is 1. The molecule has 0 aliphatic rings. The van der Waals surface area contributed by atoms with Crippen molar-refractivity contribution >= 4 is 0 Å². The van der Waals surface area contributed by atoms with Crippen molar-refractivity contribution in [2.45, 2.75) is 32.7 Å². The predicted octanol–water partition coefficient (Wildman–Crippen LogP) is 3.71. The Morgan fingerprint density at radius 2 is 2.05 bits per heavy atom. The lowest BCUT2D eigenvalue weighted by atomic mass is 9.98. The summed E-state index contributed by atoms with van der Waals surface area (Å²) in [5, 5.41) is 3.50. The van der Waals surface area contributed by atoms with Gasteiger partial charge in [-0.1, -0.05) is 18.6 Å². The number of hydrogen-bond donors (Lipinski definition) is 1. The van der Waals surface area contributed by atoms with Crippen LogP contribution >= 0.6 is 0 Å². The van der Waals surface area contributed by atoms with Gasteiger partial charge >= 0.3 is 0 Å². The van der Waals surface area contributed by atoms with Crippen molar-refractivity contribution in [3.63, 3.8) is 0 Å². The van der Waals surface area contributed by atoms with Gasteiger partial charge in [0.05, 0.1) is 14.2 Å². The van der Waals surface area contributed by atoms with E-state index in [9.17, 15) is 0 Å². The Bertz CT molecular complexity index is 415. The first-order valence-corrected chi connectivity index (χ1v) is 6.72. The van der Waals surface area contributed by atoms with Crippen molar-refractivity contribution in [1.29, 1.82) is 0 Å². The highest BCUT2D eigenvalue weighted by Crippen LogP contribution is 2.32. The van der Waals surface area contributed by atoms with Gasteiger partial charge in [-0.05, 0) is 32.4 Å². The van der Waals surface area contributed by atoms with Crippen LogP contribution in [-0.2, 0) is 0 Å². The predicted molar refractivity (Wildman–Crippen MR) is 80.0 cm³/mol. The molecule has 1 rings (SSSR count). The van der Waals surface area contributed by atoms with Gasteiger partial charge in [-0.2, -0.15) is 0 Å². The summed E-state index contributed by atoms with van der Waals surface area (Å²) in [7, 11) is 3.36. The molecule has 106 valence electrons. The molecule has 19 heavy (non-hydrogen) atoms. The van der Waals surface area contributed by atoms with Gasteiger partial charge in [0.15, 0.2) is 0 Å². The van der Waals surface area contributed by atoms with Crippen molar-refractivity contribution in [2.24, 2.45) is 0 Å². The number of ether oxygens (including phenoxy) is 2.